The van der Waals surface area contributed by atoms with E-state index >= 15 is 0 Å². The number of nitrogens with zero attached hydrogens (tertiary/aromatic N) is 2. The molecular weight excluding hydrogens is 473 g/mol. The van der Waals surface area contributed by atoms with Crippen LogP contribution in [0.5, 0.6) is 5.75 Å². The third-order valence-corrected chi connectivity index (χ3v) is 5.43. The first-order chi connectivity index (χ1) is 14.8. The molecule has 1 aliphatic rings. The molecule has 0 fully saturated rings. The first kappa shape index (κ1) is 23.1. The van der Waals surface area contributed by atoms with Gasteiger partial charge in [0, 0.05) is 10.0 Å². The number of benzene rings is 2. The smallest absolute Gasteiger partial charge is 0.387 e. The zero-order chi connectivity index (χ0) is 22.5. The Bertz CT molecular complexity index is 1060. The van der Waals surface area contributed by atoms with Crippen molar-refractivity contribution >= 4 is 63.8 Å². The van der Waals surface area contributed by atoms with E-state index in [0.717, 1.165) is 11.8 Å². The molecule has 1 aliphatic heterocycles. The highest BCUT2D eigenvalue weighted by molar-refractivity contribution is 8.14. The number of halogens is 4. The van der Waals surface area contributed by atoms with Gasteiger partial charge in [0.15, 0.2) is 5.17 Å². The predicted octanol–water partition coefficient (Wildman–Crippen LogP) is 5.24. The number of ether oxygens (including phenoxy) is 2. The second kappa shape index (κ2) is 10.1. The zero-order valence-electron chi connectivity index (χ0n) is 15.9. The maximum absolute atomic E-state index is 13.1. The molecule has 0 atom stereocenters. The van der Waals surface area contributed by atoms with Gasteiger partial charge in [0.2, 0.25) is 0 Å². The molecule has 11 heteroatoms. The summed E-state index contributed by atoms with van der Waals surface area (Å²) in [5.41, 5.74) is 0.954. The number of amides is 1. The molecule has 2 aromatic rings. The number of esters is 1. The number of thioether (sulfide) groups is 1. The number of aliphatic imine (C=N–C) groups is 1. The number of anilines is 1. The van der Waals surface area contributed by atoms with Gasteiger partial charge in [0.1, 0.15) is 11.4 Å². The Morgan fingerprint density at radius 2 is 1.94 bits per heavy atom. The lowest BCUT2D eigenvalue weighted by Gasteiger charge is -2.18. The number of amidine groups is 1. The fraction of sp³-hybridized carbons (Fsp3) is 0.150. The van der Waals surface area contributed by atoms with Gasteiger partial charge in [-0.3, -0.25) is 14.5 Å². The van der Waals surface area contributed by atoms with Crippen LogP contribution in [0.1, 0.15) is 5.56 Å². The molecule has 0 saturated heterocycles. The van der Waals surface area contributed by atoms with Gasteiger partial charge in [-0.15, -0.1) is 0 Å². The van der Waals surface area contributed by atoms with Crippen LogP contribution in [0.25, 0.3) is 6.08 Å². The largest absolute Gasteiger partial charge is 0.468 e. The summed E-state index contributed by atoms with van der Waals surface area (Å²) in [5, 5.41) is 0.989. The van der Waals surface area contributed by atoms with Crippen LogP contribution in [0, 0.1) is 0 Å². The van der Waals surface area contributed by atoms with Crippen molar-refractivity contribution < 1.29 is 27.8 Å². The van der Waals surface area contributed by atoms with Gasteiger partial charge in [-0.1, -0.05) is 41.0 Å². The molecule has 0 bridgehead atoms. The Labute approximate surface area is 190 Å². The third kappa shape index (κ3) is 5.75. The Morgan fingerprint density at radius 1 is 1.23 bits per heavy atom. The van der Waals surface area contributed by atoms with Crippen LogP contribution in [0.2, 0.25) is 10.0 Å². The monoisotopic (exact) mass is 486 g/mol. The molecule has 1 heterocycles. The van der Waals surface area contributed by atoms with Crippen molar-refractivity contribution in [2.24, 2.45) is 4.99 Å². The molecule has 1 amide bonds. The molecule has 0 aromatic heterocycles. The highest BCUT2D eigenvalue weighted by Crippen LogP contribution is 2.32. The van der Waals surface area contributed by atoms with Gasteiger partial charge in [-0.2, -0.15) is 8.78 Å². The number of hydrogen-bond acceptors (Lipinski definition) is 6. The molecule has 0 aliphatic carbocycles. The third-order valence-electron chi connectivity index (χ3n) is 3.95. The lowest BCUT2D eigenvalue weighted by Crippen LogP contribution is -2.30. The van der Waals surface area contributed by atoms with Gasteiger partial charge < -0.3 is 9.47 Å². The molecule has 0 spiro atoms. The van der Waals surface area contributed by atoms with E-state index in [0.29, 0.717) is 21.3 Å². The molecule has 0 saturated carbocycles. The molecular formula is C20H14Cl2F2N2O4S. The summed E-state index contributed by atoms with van der Waals surface area (Å²) in [6.07, 6.45) is 1.49. The minimum Gasteiger partial charge on any atom is -0.468 e. The highest BCUT2D eigenvalue weighted by Gasteiger charge is 2.32. The summed E-state index contributed by atoms with van der Waals surface area (Å²) in [5.74, 6) is -1.13. The average Bonchev–Trinajstić information content (AvgIpc) is 3.03. The first-order valence-electron chi connectivity index (χ1n) is 8.63. The summed E-state index contributed by atoms with van der Waals surface area (Å²) in [7, 11) is 1.25. The average molecular weight is 487 g/mol. The van der Waals surface area contributed by atoms with Crippen molar-refractivity contribution in [3.63, 3.8) is 0 Å². The van der Waals surface area contributed by atoms with Crippen molar-refractivity contribution in [2.75, 3.05) is 17.8 Å². The van der Waals surface area contributed by atoms with Crippen molar-refractivity contribution in [1.29, 1.82) is 0 Å². The van der Waals surface area contributed by atoms with Crippen LogP contribution in [0.3, 0.4) is 0 Å². The fourth-order valence-corrected chi connectivity index (χ4v) is 3.85. The molecule has 6 nitrogen and oxygen atoms in total. The van der Waals surface area contributed by atoms with Crippen LogP contribution in [-0.2, 0) is 14.3 Å². The Kier molecular flexibility index (Phi) is 7.53. The van der Waals surface area contributed by atoms with Crippen molar-refractivity contribution in [3.8, 4) is 5.75 Å². The topological polar surface area (TPSA) is 68.2 Å². The van der Waals surface area contributed by atoms with Crippen molar-refractivity contribution in [3.05, 3.63) is 63.8 Å². The van der Waals surface area contributed by atoms with E-state index in [-0.39, 0.29) is 22.4 Å². The van der Waals surface area contributed by atoms with E-state index in [9.17, 15) is 18.4 Å². The van der Waals surface area contributed by atoms with E-state index in [1.54, 1.807) is 12.1 Å². The maximum Gasteiger partial charge on any atom is 0.387 e. The standard InChI is InChI=1S/C20H14Cl2F2N2O4S/c1-29-17(27)10-31-20-25-16(8-11-2-3-12(21)9-15(11)22)18(28)26(20)13-4-6-14(7-5-13)30-19(23)24/h2-9,19H,10H2,1H3/b16-8-. The van der Waals surface area contributed by atoms with Crippen LogP contribution in [0.4, 0.5) is 14.5 Å². The molecule has 0 radical (unpaired) electrons. The second-order valence-corrected chi connectivity index (χ2v) is 7.75. The Balaban J connectivity index is 1.94. The van der Waals surface area contributed by atoms with E-state index in [1.165, 1.54) is 48.4 Å². The first-order valence-corrected chi connectivity index (χ1v) is 10.4. The van der Waals surface area contributed by atoms with E-state index in [4.69, 9.17) is 23.2 Å². The molecule has 162 valence electrons. The lowest BCUT2D eigenvalue weighted by molar-refractivity contribution is -0.137. The van der Waals surface area contributed by atoms with E-state index in [2.05, 4.69) is 14.5 Å². The fourth-order valence-electron chi connectivity index (χ4n) is 2.55. The molecule has 31 heavy (non-hydrogen) atoms. The van der Waals surface area contributed by atoms with Crippen LogP contribution in [-0.4, -0.2) is 36.5 Å². The van der Waals surface area contributed by atoms with Crippen LogP contribution >= 0.6 is 35.0 Å². The van der Waals surface area contributed by atoms with E-state index < -0.39 is 18.5 Å². The Morgan fingerprint density at radius 3 is 2.55 bits per heavy atom. The number of alkyl halides is 2. The summed E-state index contributed by atoms with van der Waals surface area (Å²) in [4.78, 5) is 30.2. The number of hydrogen-bond donors (Lipinski definition) is 0. The molecule has 0 unspecified atom stereocenters. The number of rotatable bonds is 6. The van der Waals surface area contributed by atoms with Crippen LogP contribution < -0.4 is 9.64 Å². The molecule has 3 rings (SSSR count). The SMILES string of the molecule is COC(=O)CSC1=N/C(=C\c2ccc(Cl)cc2Cl)C(=O)N1c1ccc(OC(F)F)cc1. The predicted molar refractivity (Wildman–Crippen MR) is 117 cm³/mol. The number of carbonyl (C=O) groups is 2. The minimum atomic E-state index is -2.97. The zero-order valence-corrected chi connectivity index (χ0v) is 18.2. The highest BCUT2D eigenvalue weighted by atomic mass is 35.5. The van der Waals surface area contributed by atoms with Gasteiger partial charge >= 0.3 is 12.6 Å². The van der Waals surface area contributed by atoms with Crippen molar-refractivity contribution in [1.82, 2.24) is 0 Å². The number of methoxy groups -OCH3 is 1. The normalized spacial score (nSPS) is 14.9. The minimum absolute atomic E-state index is 0.0604. The Hall–Kier alpha value is -2.62. The van der Waals surface area contributed by atoms with Gasteiger partial charge in [-0.25, -0.2) is 4.99 Å². The van der Waals surface area contributed by atoms with Crippen LogP contribution in [0.15, 0.2) is 53.2 Å². The van der Waals surface area contributed by atoms with E-state index in [1.807, 2.05) is 0 Å². The number of carbonyl (C=O) groups excluding carboxylic acids is 2. The summed E-state index contributed by atoms with van der Waals surface area (Å²) < 4.78 is 33.7. The van der Waals surface area contributed by atoms with Gasteiger partial charge in [-0.05, 0) is 48.0 Å². The molecule has 2 aromatic carbocycles. The summed E-state index contributed by atoms with van der Waals surface area (Å²) in [6.45, 7) is -2.97. The maximum atomic E-state index is 13.1. The second-order valence-electron chi connectivity index (χ2n) is 5.97. The summed E-state index contributed by atoms with van der Waals surface area (Å²) in [6, 6.07) is 10.3. The summed E-state index contributed by atoms with van der Waals surface area (Å²) >= 11 is 13.1. The van der Waals surface area contributed by atoms with Crippen molar-refractivity contribution in [2.45, 2.75) is 6.61 Å². The van der Waals surface area contributed by atoms with Gasteiger partial charge in [0.05, 0.1) is 18.6 Å². The molecule has 0 N–H and O–H groups in total. The quantitative estimate of drug-likeness (QED) is 0.412. The van der Waals surface area contributed by atoms with Gasteiger partial charge in [0.25, 0.3) is 5.91 Å². The lowest BCUT2D eigenvalue weighted by atomic mass is 10.2.